The van der Waals surface area contributed by atoms with Gasteiger partial charge in [0.2, 0.25) is 0 Å². The predicted molar refractivity (Wildman–Crippen MR) is 58.7 cm³/mol. The van der Waals surface area contributed by atoms with E-state index in [4.69, 9.17) is 5.73 Å². The van der Waals surface area contributed by atoms with E-state index in [1.54, 1.807) is 0 Å². The van der Waals surface area contributed by atoms with E-state index in [0.717, 1.165) is 29.4 Å². The SMILES string of the molecule is NCc1ccc2c(c1)[nH]c(=O)n2C1CC1. The van der Waals surface area contributed by atoms with Gasteiger partial charge in [-0.15, -0.1) is 0 Å². The Labute approximate surface area is 86.7 Å². The first-order valence-corrected chi connectivity index (χ1v) is 5.23. The van der Waals surface area contributed by atoms with Crippen molar-refractivity contribution in [1.29, 1.82) is 0 Å². The van der Waals surface area contributed by atoms with E-state index in [1.807, 2.05) is 22.8 Å². The molecule has 1 aromatic heterocycles. The van der Waals surface area contributed by atoms with E-state index < -0.39 is 0 Å². The molecule has 4 heteroatoms. The third kappa shape index (κ3) is 1.29. The van der Waals surface area contributed by atoms with Crippen molar-refractivity contribution < 1.29 is 0 Å². The lowest BCUT2D eigenvalue weighted by molar-refractivity contribution is 0.733. The minimum Gasteiger partial charge on any atom is -0.326 e. The lowest BCUT2D eigenvalue weighted by Crippen LogP contribution is -2.14. The maximum atomic E-state index is 11.7. The molecule has 0 spiro atoms. The van der Waals surface area contributed by atoms with Crippen molar-refractivity contribution in [2.45, 2.75) is 25.4 Å². The molecule has 1 aliphatic carbocycles. The van der Waals surface area contributed by atoms with E-state index in [0.29, 0.717) is 12.6 Å². The molecule has 2 aromatic rings. The van der Waals surface area contributed by atoms with Crippen LogP contribution in [0.5, 0.6) is 0 Å². The zero-order valence-electron chi connectivity index (χ0n) is 8.36. The summed E-state index contributed by atoms with van der Waals surface area (Å²) >= 11 is 0. The fourth-order valence-electron chi connectivity index (χ4n) is 2.00. The van der Waals surface area contributed by atoms with E-state index >= 15 is 0 Å². The van der Waals surface area contributed by atoms with Crippen LogP contribution in [0.15, 0.2) is 23.0 Å². The van der Waals surface area contributed by atoms with E-state index in [9.17, 15) is 4.79 Å². The number of nitrogens with one attached hydrogen (secondary N) is 1. The largest absolute Gasteiger partial charge is 0.326 e. The second-order valence-electron chi connectivity index (χ2n) is 4.09. The van der Waals surface area contributed by atoms with Gasteiger partial charge in [0.05, 0.1) is 11.0 Å². The fourth-order valence-corrected chi connectivity index (χ4v) is 2.00. The molecule has 1 heterocycles. The highest BCUT2D eigenvalue weighted by Gasteiger charge is 2.26. The molecule has 78 valence electrons. The smallest absolute Gasteiger partial charge is 0.326 e. The van der Waals surface area contributed by atoms with Gasteiger partial charge in [0.1, 0.15) is 0 Å². The van der Waals surface area contributed by atoms with Gasteiger partial charge in [-0.1, -0.05) is 6.07 Å². The summed E-state index contributed by atoms with van der Waals surface area (Å²) in [4.78, 5) is 14.6. The van der Waals surface area contributed by atoms with Crippen molar-refractivity contribution in [1.82, 2.24) is 9.55 Å². The number of benzene rings is 1. The minimum absolute atomic E-state index is 0.00155. The molecule has 1 fully saturated rings. The number of nitrogens with zero attached hydrogens (tertiary/aromatic N) is 1. The summed E-state index contributed by atoms with van der Waals surface area (Å²) in [5.41, 5.74) is 8.51. The first kappa shape index (κ1) is 8.73. The number of rotatable bonds is 2. The van der Waals surface area contributed by atoms with Gasteiger partial charge < -0.3 is 10.7 Å². The first-order valence-electron chi connectivity index (χ1n) is 5.23. The molecule has 1 saturated carbocycles. The summed E-state index contributed by atoms with van der Waals surface area (Å²) in [5, 5.41) is 0. The molecule has 3 N–H and O–H groups in total. The second kappa shape index (κ2) is 2.97. The van der Waals surface area contributed by atoms with Gasteiger partial charge in [0.25, 0.3) is 0 Å². The molecule has 1 aromatic carbocycles. The Morgan fingerprint density at radius 2 is 2.27 bits per heavy atom. The summed E-state index contributed by atoms with van der Waals surface area (Å²) in [6, 6.07) is 6.33. The van der Waals surface area contributed by atoms with Crippen molar-refractivity contribution in [3.05, 3.63) is 34.2 Å². The minimum atomic E-state index is 0.00155. The van der Waals surface area contributed by atoms with Crippen LogP contribution in [-0.4, -0.2) is 9.55 Å². The molecule has 15 heavy (non-hydrogen) atoms. The highest BCUT2D eigenvalue weighted by molar-refractivity contribution is 5.76. The highest BCUT2D eigenvalue weighted by atomic mass is 16.1. The molecule has 0 bridgehead atoms. The number of hydrogen-bond donors (Lipinski definition) is 2. The Morgan fingerprint density at radius 3 is 2.93 bits per heavy atom. The zero-order chi connectivity index (χ0) is 10.4. The van der Waals surface area contributed by atoms with Crippen molar-refractivity contribution in [2.75, 3.05) is 0 Å². The Kier molecular flexibility index (Phi) is 1.73. The second-order valence-corrected chi connectivity index (χ2v) is 4.09. The van der Waals surface area contributed by atoms with E-state index in [-0.39, 0.29) is 5.69 Å². The van der Waals surface area contributed by atoms with Crippen LogP contribution in [0.4, 0.5) is 0 Å². The number of fused-ring (bicyclic) bond motifs is 1. The number of aromatic amines is 1. The van der Waals surface area contributed by atoms with Crippen LogP contribution in [0.1, 0.15) is 24.4 Å². The third-order valence-electron chi connectivity index (χ3n) is 2.93. The molecule has 4 nitrogen and oxygen atoms in total. The Balaban J connectivity index is 2.28. The molecule has 0 unspecified atom stereocenters. The topological polar surface area (TPSA) is 63.8 Å². The van der Waals surface area contributed by atoms with Gasteiger partial charge in [0.15, 0.2) is 0 Å². The van der Waals surface area contributed by atoms with Crippen molar-refractivity contribution in [2.24, 2.45) is 5.73 Å². The van der Waals surface area contributed by atoms with Crippen molar-refractivity contribution in [3.63, 3.8) is 0 Å². The number of hydrogen-bond acceptors (Lipinski definition) is 2. The van der Waals surface area contributed by atoms with Gasteiger partial charge >= 0.3 is 5.69 Å². The molecular formula is C11H13N3O. The Morgan fingerprint density at radius 1 is 1.47 bits per heavy atom. The van der Waals surface area contributed by atoms with Crippen LogP contribution in [0.3, 0.4) is 0 Å². The molecule has 0 atom stereocenters. The number of aromatic nitrogens is 2. The van der Waals surface area contributed by atoms with Crippen LogP contribution in [0.25, 0.3) is 11.0 Å². The summed E-state index contributed by atoms with van der Waals surface area (Å²) in [6.45, 7) is 0.507. The number of imidazole rings is 1. The van der Waals surface area contributed by atoms with E-state index in [1.165, 1.54) is 0 Å². The van der Waals surface area contributed by atoms with Crippen LogP contribution >= 0.6 is 0 Å². The first-order chi connectivity index (χ1) is 7.29. The Bertz CT molecular complexity index is 563. The number of H-pyrrole nitrogens is 1. The molecule has 1 aliphatic rings. The van der Waals surface area contributed by atoms with E-state index in [2.05, 4.69) is 4.98 Å². The molecule has 3 rings (SSSR count). The standard InChI is InChI=1S/C11H13N3O/c12-6-7-1-4-10-9(5-7)13-11(15)14(10)8-2-3-8/h1,4-5,8H,2-3,6,12H2,(H,13,15). The molecule has 0 radical (unpaired) electrons. The van der Waals surface area contributed by atoms with Crippen LogP contribution in [-0.2, 0) is 6.54 Å². The highest BCUT2D eigenvalue weighted by Crippen LogP contribution is 2.35. The summed E-state index contributed by atoms with van der Waals surface area (Å²) < 4.78 is 1.86. The van der Waals surface area contributed by atoms with Crippen molar-refractivity contribution >= 4 is 11.0 Å². The summed E-state index contributed by atoms with van der Waals surface area (Å²) in [5.74, 6) is 0. The lowest BCUT2D eigenvalue weighted by atomic mass is 10.2. The van der Waals surface area contributed by atoms with Gasteiger partial charge in [0, 0.05) is 12.6 Å². The fraction of sp³-hybridized carbons (Fsp3) is 0.364. The molecule has 0 saturated heterocycles. The maximum Gasteiger partial charge on any atom is 0.326 e. The molecule has 0 amide bonds. The van der Waals surface area contributed by atoms with Gasteiger partial charge in [-0.25, -0.2) is 4.79 Å². The monoisotopic (exact) mass is 203 g/mol. The molecular weight excluding hydrogens is 190 g/mol. The number of nitrogens with two attached hydrogens (primary N) is 1. The van der Waals surface area contributed by atoms with Crippen LogP contribution < -0.4 is 11.4 Å². The van der Waals surface area contributed by atoms with Gasteiger partial charge in [-0.3, -0.25) is 4.57 Å². The zero-order valence-corrected chi connectivity index (χ0v) is 8.36. The predicted octanol–water partition coefficient (Wildman–Crippen LogP) is 1.12. The van der Waals surface area contributed by atoms with Crippen molar-refractivity contribution in [3.8, 4) is 0 Å². The average Bonchev–Trinajstić information content (AvgIpc) is 3.00. The average molecular weight is 203 g/mol. The normalized spacial score (nSPS) is 16.1. The van der Waals surface area contributed by atoms with Gasteiger partial charge in [-0.2, -0.15) is 0 Å². The van der Waals surface area contributed by atoms with Gasteiger partial charge in [-0.05, 0) is 30.5 Å². The van der Waals surface area contributed by atoms with Crippen LogP contribution in [0, 0.1) is 0 Å². The summed E-state index contributed by atoms with van der Waals surface area (Å²) in [7, 11) is 0. The maximum absolute atomic E-state index is 11.7. The Hall–Kier alpha value is -1.55. The third-order valence-corrected chi connectivity index (χ3v) is 2.93. The molecule has 0 aliphatic heterocycles. The summed E-state index contributed by atoms with van der Waals surface area (Å²) in [6.07, 6.45) is 2.23. The van der Waals surface area contributed by atoms with Crippen LogP contribution in [0.2, 0.25) is 0 Å². The quantitative estimate of drug-likeness (QED) is 0.768. The lowest BCUT2D eigenvalue weighted by Gasteiger charge is -2.00.